The lowest BCUT2D eigenvalue weighted by Gasteiger charge is -2.28. The number of carboxylic acid groups (broad SMARTS) is 2. The number of likely N-dealkylation sites (tertiary alicyclic amines) is 1. The van der Waals surface area contributed by atoms with Crippen LogP contribution in [0.25, 0.3) is 0 Å². The summed E-state index contributed by atoms with van der Waals surface area (Å²) in [5.41, 5.74) is 0.953. The van der Waals surface area contributed by atoms with Crippen LogP contribution in [-0.2, 0) is 20.8 Å². The Morgan fingerprint density at radius 1 is 1.23 bits per heavy atom. The SMILES string of the molecule is C[C@H](NC(CCc1ccc(Cl)cc1)C(=O)O)C(=O)N1CC2(C[C@H]1C(=O)O)SCCS2. The van der Waals surface area contributed by atoms with Crippen LogP contribution in [0, 0.1) is 0 Å². The molecule has 7 nitrogen and oxygen atoms in total. The van der Waals surface area contributed by atoms with Crippen molar-refractivity contribution in [1.29, 1.82) is 0 Å². The Morgan fingerprint density at radius 2 is 1.87 bits per heavy atom. The number of nitrogens with zero attached hydrogens (tertiary/aromatic N) is 1. The molecule has 0 bridgehead atoms. The zero-order valence-electron chi connectivity index (χ0n) is 16.5. The van der Waals surface area contributed by atoms with Gasteiger partial charge in [-0.15, -0.1) is 23.5 Å². The number of carboxylic acids is 2. The van der Waals surface area contributed by atoms with Crippen LogP contribution in [0.15, 0.2) is 24.3 Å². The smallest absolute Gasteiger partial charge is 0.326 e. The standard InChI is InChI=1S/C20H25ClN2O5S2/c1-12(22-15(18(25)26)7-4-13-2-5-14(21)6-3-13)17(24)23-11-20(29-8-9-30-20)10-16(23)19(27)28/h2-3,5-6,12,15-16,22H,4,7-11H2,1H3,(H,25,26)(H,27,28)/t12-,15?,16-/m0/s1. The van der Waals surface area contributed by atoms with E-state index in [1.807, 2.05) is 12.1 Å². The van der Waals surface area contributed by atoms with Crippen molar-refractivity contribution in [1.82, 2.24) is 10.2 Å². The van der Waals surface area contributed by atoms with Crippen molar-refractivity contribution in [2.24, 2.45) is 0 Å². The van der Waals surface area contributed by atoms with Crippen LogP contribution in [0.3, 0.4) is 0 Å². The fourth-order valence-electron chi connectivity index (χ4n) is 3.86. The number of aryl methyl sites for hydroxylation is 1. The molecule has 1 amide bonds. The van der Waals surface area contributed by atoms with Crippen molar-refractivity contribution in [3.8, 4) is 0 Å². The molecule has 3 rings (SSSR count). The maximum absolute atomic E-state index is 13.0. The van der Waals surface area contributed by atoms with Crippen molar-refractivity contribution in [3.05, 3.63) is 34.9 Å². The van der Waals surface area contributed by atoms with Gasteiger partial charge >= 0.3 is 11.9 Å². The molecule has 164 valence electrons. The molecular weight excluding hydrogens is 448 g/mol. The van der Waals surface area contributed by atoms with E-state index < -0.39 is 30.1 Å². The lowest BCUT2D eigenvalue weighted by molar-refractivity contribution is -0.149. The van der Waals surface area contributed by atoms with Crippen molar-refractivity contribution < 1.29 is 24.6 Å². The highest BCUT2D eigenvalue weighted by Gasteiger charge is 2.52. The summed E-state index contributed by atoms with van der Waals surface area (Å²) in [6, 6.07) is 4.58. The maximum Gasteiger partial charge on any atom is 0.326 e. The summed E-state index contributed by atoms with van der Waals surface area (Å²) in [7, 11) is 0. The van der Waals surface area contributed by atoms with E-state index in [-0.39, 0.29) is 9.99 Å². The summed E-state index contributed by atoms with van der Waals surface area (Å²) in [6.07, 6.45) is 1.22. The highest BCUT2D eigenvalue weighted by molar-refractivity contribution is 8.21. The lowest BCUT2D eigenvalue weighted by Crippen LogP contribution is -2.53. The van der Waals surface area contributed by atoms with E-state index >= 15 is 0 Å². The number of hydrogen-bond acceptors (Lipinski definition) is 6. The molecule has 2 fully saturated rings. The first-order chi connectivity index (χ1) is 14.2. The van der Waals surface area contributed by atoms with Crippen LogP contribution >= 0.6 is 35.1 Å². The number of amides is 1. The molecule has 3 N–H and O–H groups in total. The second-order valence-electron chi connectivity index (χ2n) is 7.58. The van der Waals surface area contributed by atoms with Crippen LogP contribution in [0.2, 0.25) is 5.02 Å². The van der Waals surface area contributed by atoms with Crippen LogP contribution in [0.1, 0.15) is 25.3 Å². The molecule has 2 aliphatic rings. The van der Waals surface area contributed by atoms with E-state index in [0.29, 0.717) is 30.8 Å². The van der Waals surface area contributed by atoms with Gasteiger partial charge in [-0.2, -0.15) is 0 Å². The molecule has 0 radical (unpaired) electrons. The second kappa shape index (κ2) is 9.80. The summed E-state index contributed by atoms with van der Waals surface area (Å²) < 4.78 is -0.265. The van der Waals surface area contributed by atoms with Crippen molar-refractivity contribution in [2.45, 2.75) is 48.4 Å². The highest BCUT2D eigenvalue weighted by atomic mass is 35.5. The Labute approximate surface area is 188 Å². The molecule has 1 aromatic rings. The van der Waals surface area contributed by atoms with E-state index in [9.17, 15) is 24.6 Å². The first-order valence-electron chi connectivity index (χ1n) is 9.75. The molecule has 30 heavy (non-hydrogen) atoms. The van der Waals surface area contributed by atoms with Crippen LogP contribution < -0.4 is 5.32 Å². The summed E-state index contributed by atoms with van der Waals surface area (Å²) >= 11 is 9.30. The minimum Gasteiger partial charge on any atom is -0.480 e. The Bertz CT molecular complexity index is 801. The van der Waals surface area contributed by atoms with Gasteiger partial charge < -0.3 is 15.1 Å². The molecule has 1 unspecified atom stereocenters. The molecule has 1 aromatic carbocycles. The van der Waals surface area contributed by atoms with Gasteiger partial charge in [0.1, 0.15) is 12.1 Å². The zero-order chi connectivity index (χ0) is 21.9. The van der Waals surface area contributed by atoms with Crippen LogP contribution in [-0.4, -0.2) is 73.2 Å². The Kier molecular flexibility index (Phi) is 7.60. The van der Waals surface area contributed by atoms with Crippen LogP contribution in [0.4, 0.5) is 0 Å². The molecular formula is C20H25ClN2O5S2. The van der Waals surface area contributed by atoms with Gasteiger partial charge in [-0.1, -0.05) is 23.7 Å². The van der Waals surface area contributed by atoms with E-state index in [0.717, 1.165) is 17.1 Å². The number of carbonyl (C=O) groups is 3. The van der Waals surface area contributed by atoms with Crippen molar-refractivity contribution >= 4 is 53.0 Å². The van der Waals surface area contributed by atoms with Gasteiger partial charge in [-0.3, -0.25) is 14.9 Å². The van der Waals surface area contributed by atoms with Crippen molar-refractivity contribution in [3.63, 3.8) is 0 Å². The van der Waals surface area contributed by atoms with E-state index in [2.05, 4.69) is 5.32 Å². The van der Waals surface area contributed by atoms with Gasteiger partial charge in [-0.05, 0) is 37.5 Å². The van der Waals surface area contributed by atoms with Gasteiger partial charge in [0.05, 0.1) is 10.1 Å². The number of nitrogens with one attached hydrogen (secondary N) is 1. The molecule has 10 heteroatoms. The number of aliphatic carboxylic acids is 2. The van der Waals surface area contributed by atoms with Gasteiger partial charge in [0, 0.05) is 29.5 Å². The van der Waals surface area contributed by atoms with Crippen molar-refractivity contribution in [2.75, 3.05) is 18.1 Å². The largest absolute Gasteiger partial charge is 0.480 e. The third-order valence-corrected chi connectivity index (χ3v) is 9.11. The molecule has 0 aromatic heterocycles. The Balaban J connectivity index is 1.63. The number of carbonyl (C=O) groups excluding carboxylic acids is 1. The Hall–Kier alpha value is -1.42. The predicted octanol–water partition coefficient (Wildman–Crippen LogP) is 2.57. The van der Waals surface area contributed by atoms with E-state index in [1.54, 1.807) is 42.6 Å². The number of halogens is 1. The predicted molar refractivity (Wildman–Crippen MR) is 119 cm³/mol. The normalized spacial score (nSPS) is 22.2. The number of rotatable bonds is 8. The third kappa shape index (κ3) is 5.43. The van der Waals surface area contributed by atoms with Gasteiger partial charge in [0.2, 0.25) is 5.91 Å². The monoisotopic (exact) mass is 472 g/mol. The number of thioether (sulfide) groups is 2. The molecule has 2 heterocycles. The van der Waals surface area contributed by atoms with Gasteiger partial charge in [-0.25, -0.2) is 4.79 Å². The van der Waals surface area contributed by atoms with E-state index in [4.69, 9.17) is 11.6 Å². The van der Waals surface area contributed by atoms with Gasteiger partial charge in [0.15, 0.2) is 0 Å². The quantitative estimate of drug-likeness (QED) is 0.530. The Morgan fingerprint density at radius 3 is 2.43 bits per heavy atom. The molecule has 3 atom stereocenters. The molecule has 2 aliphatic heterocycles. The first-order valence-corrected chi connectivity index (χ1v) is 12.1. The molecule has 1 spiro atoms. The summed E-state index contributed by atoms with van der Waals surface area (Å²) in [4.78, 5) is 37.9. The fourth-order valence-corrected chi connectivity index (χ4v) is 7.24. The summed E-state index contributed by atoms with van der Waals surface area (Å²) in [6.45, 7) is 1.96. The average Bonchev–Trinajstić information content (AvgIpc) is 3.32. The third-order valence-electron chi connectivity index (χ3n) is 5.43. The number of hydrogen-bond donors (Lipinski definition) is 3. The fraction of sp³-hybridized carbons (Fsp3) is 0.550. The minimum atomic E-state index is -1.04. The van der Waals surface area contributed by atoms with Gasteiger partial charge in [0.25, 0.3) is 0 Å². The summed E-state index contributed by atoms with van der Waals surface area (Å²) in [5.74, 6) is -0.543. The molecule has 0 saturated carbocycles. The number of benzene rings is 1. The lowest BCUT2D eigenvalue weighted by atomic mass is 10.0. The zero-order valence-corrected chi connectivity index (χ0v) is 18.9. The molecule has 0 aliphatic carbocycles. The minimum absolute atomic E-state index is 0.265. The average molecular weight is 473 g/mol. The summed E-state index contributed by atoms with van der Waals surface area (Å²) in [5, 5.41) is 22.7. The highest BCUT2D eigenvalue weighted by Crippen LogP contribution is 2.51. The molecule has 2 saturated heterocycles. The second-order valence-corrected chi connectivity index (χ2v) is 11.2. The first kappa shape index (κ1) is 23.2. The maximum atomic E-state index is 13.0. The van der Waals surface area contributed by atoms with E-state index in [1.165, 1.54) is 4.90 Å². The topological polar surface area (TPSA) is 107 Å². The van der Waals surface area contributed by atoms with Crippen LogP contribution in [0.5, 0.6) is 0 Å².